The van der Waals surface area contributed by atoms with E-state index in [4.69, 9.17) is 0 Å². The number of sulfonamides is 1. The number of pyridine rings is 2. The van der Waals surface area contributed by atoms with Crippen molar-refractivity contribution in [3.05, 3.63) is 53.1 Å². The molecule has 0 spiro atoms. The second-order valence-corrected chi connectivity index (χ2v) is 11.0. The lowest BCUT2D eigenvalue weighted by Crippen LogP contribution is -2.42. The summed E-state index contributed by atoms with van der Waals surface area (Å²) in [5.41, 5.74) is -0.441. The highest BCUT2D eigenvalue weighted by Gasteiger charge is 2.39. The first kappa shape index (κ1) is 29.6. The number of aryl methyl sites for hydroxylation is 1. The molecule has 0 saturated heterocycles. The van der Waals surface area contributed by atoms with Crippen LogP contribution in [0.1, 0.15) is 62.0 Å². The molecule has 0 radical (unpaired) electrons. The van der Waals surface area contributed by atoms with E-state index in [0.717, 1.165) is 31.2 Å². The first-order valence-corrected chi connectivity index (χ1v) is 13.3. The lowest BCUT2D eigenvalue weighted by Gasteiger charge is -2.22. The van der Waals surface area contributed by atoms with Crippen molar-refractivity contribution in [3.8, 4) is 6.07 Å². The second-order valence-electron chi connectivity index (χ2n) is 9.30. The van der Waals surface area contributed by atoms with Crippen LogP contribution in [0.5, 0.6) is 0 Å². The molecule has 1 saturated carbocycles. The van der Waals surface area contributed by atoms with Gasteiger partial charge in [-0.25, -0.2) is 8.42 Å². The summed E-state index contributed by atoms with van der Waals surface area (Å²) in [7, 11) is -4.58. The van der Waals surface area contributed by atoms with Crippen molar-refractivity contribution in [3.63, 3.8) is 0 Å². The van der Waals surface area contributed by atoms with Crippen LogP contribution in [0, 0.1) is 30.1 Å². The zero-order chi connectivity index (χ0) is 28.5. The first-order valence-electron chi connectivity index (χ1n) is 11.8. The van der Waals surface area contributed by atoms with Crippen LogP contribution in [-0.2, 0) is 16.2 Å². The molecule has 2 atom stereocenters. The van der Waals surface area contributed by atoms with E-state index >= 15 is 0 Å². The molecule has 0 bridgehead atoms. The molecule has 2 heterocycles. The molecule has 1 aliphatic rings. The van der Waals surface area contributed by atoms with E-state index in [2.05, 4.69) is 9.97 Å². The Morgan fingerprint density at radius 3 is 2.29 bits per heavy atom. The molecule has 1 N–H and O–H groups in total. The van der Waals surface area contributed by atoms with Gasteiger partial charge in [0.25, 0.3) is 0 Å². The summed E-state index contributed by atoms with van der Waals surface area (Å²) in [6, 6.07) is 2.84. The van der Waals surface area contributed by atoms with Crippen molar-refractivity contribution in [1.29, 1.82) is 5.26 Å². The normalized spacial score (nSPS) is 16.9. The lowest BCUT2D eigenvalue weighted by molar-refractivity contribution is -0.147. The molecule has 2 aromatic rings. The Morgan fingerprint density at radius 2 is 1.82 bits per heavy atom. The number of nitriles is 1. The molecule has 0 aliphatic heterocycles. The second kappa shape index (κ2) is 11.0. The summed E-state index contributed by atoms with van der Waals surface area (Å²) in [5.74, 6) is 0.0905. The van der Waals surface area contributed by atoms with Gasteiger partial charge < -0.3 is 0 Å². The van der Waals surface area contributed by atoms with Gasteiger partial charge in [0.05, 0.1) is 16.8 Å². The monoisotopic (exact) mass is 560 g/mol. The Kier molecular flexibility index (Phi) is 8.58. The van der Waals surface area contributed by atoms with Gasteiger partial charge >= 0.3 is 12.4 Å². The average molecular weight is 561 g/mol. The summed E-state index contributed by atoms with van der Waals surface area (Å²) in [4.78, 5) is 7.47. The van der Waals surface area contributed by atoms with Crippen LogP contribution in [0.3, 0.4) is 0 Å². The molecule has 2 unspecified atom stereocenters. The van der Waals surface area contributed by atoms with E-state index in [0.29, 0.717) is 37.5 Å². The van der Waals surface area contributed by atoms with Gasteiger partial charge in [0.2, 0.25) is 10.0 Å². The number of hydrogen-bond acceptors (Lipinski definition) is 5. The molecule has 1 aliphatic carbocycles. The maximum absolute atomic E-state index is 13.4. The standard InChI is InChI=1S/C25H26F6N4O2S/c1-4-17(9-16-5-6-16)23(21(11-32)20-10-18(25(29,30)31)12-33-14(20)2)22-8-7-19(13-34-22)38(36,37)35-15(3)24(26,27)28/h7-8,10,12-13,15-17,35H,4-6,9H2,1-3H3. The molecule has 6 nitrogen and oxygen atoms in total. The van der Waals surface area contributed by atoms with Gasteiger partial charge in [-0.3, -0.25) is 9.97 Å². The summed E-state index contributed by atoms with van der Waals surface area (Å²) in [6.45, 7) is 4.00. The summed E-state index contributed by atoms with van der Waals surface area (Å²) in [5, 5.41) is 10.1. The van der Waals surface area contributed by atoms with Gasteiger partial charge in [-0.05, 0) is 62.3 Å². The van der Waals surface area contributed by atoms with E-state index in [1.54, 1.807) is 4.72 Å². The number of aromatic nitrogens is 2. The Balaban J connectivity index is 2.15. The third-order valence-corrected chi connectivity index (χ3v) is 7.95. The number of hydrogen-bond donors (Lipinski definition) is 1. The van der Waals surface area contributed by atoms with Crippen LogP contribution in [0.4, 0.5) is 26.3 Å². The molecule has 206 valence electrons. The van der Waals surface area contributed by atoms with E-state index in [-0.39, 0.29) is 28.4 Å². The lowest BCUT2D eigenvalue weighted by atomic mass is 9.83. The van der Waals surface area contributed by atoms with Crippen molar-refractivity contribution in [2.24, 2.45) is 11.8 Å². The van der Waals surface area contributed by atoms with Gasteiger partial charge in [0.15, 0.2) is 0 Å². The van der Waals surface area contributed by atoms with Crippen LogP contribution >= 0.6 is 0 Å². The maximum atomic E-state index is 13.4. The highest BCUT2D eigenvalue weighted by Crippen LogP contribution is 2.44. The minimum Gasteiger partial charge on any atom is -0.260 e. The first-order chi connectivity index (χ1) is 17.6. The zero-order valence-electron chi connectivity index (χ0n) is 20.8. The summed E-state index contributed by atoms with van der Waals surface area (Å²) in [6.07, 6.45) is -4.81. The van der Waals surface area contributed by atoms with Crippen molar-refractivity contribution < 1.29 is 34.8 Å². The van der Waals surface area contributed by atoms with E-state index < -0.39 is 38.9 Å². The van der Waals surface area contributed by atoms with Crippen LogP contribution < -0.4 is 4.72 Å². The molecule has 38 heavy (non-hydrogen) atoms. The van der Waals surface area contributed by atoms with Crippen LogP contribution in [0.25, 0.3) is 11.1 Å². The number of rotatable bonds is 9. The van der Waals surface area contributed by atoms with Crippen molar-refractivity contribution in [2.45, 2.75) is 69.7 Å². The Hall–Kier alpha value is -2.98. The molecule has 0 aromatic carbocycles. The highest BCUT2D eigenvalue weighted by atomic mass is 32.2. The fraction of sp³-hybridized carbons (Fsp3) is 0.480. The van der Waals surface area contributed by atoms with Crippen LogP contribution in [-0.4, -0.2) is 30.6 Å². The largest absolute Gasteiger partial charge is 0.417 e. The third kappa shape index (κ3) is 6.91. The SMILES string of the molecule is CCC(CC1CC1)C(=C(C#N)c1cc(C(F)(F)F)cnc1C)c1ccc(S(=O)(=O)NC(C)C(F)(F)F)cn1. The predicted octanol–water partition coefficient (Wildman–Crippen LogP) is 6.29. The molecule has 2 aromatic heterocycles. The number of nitrogens with zero attached hydrogens (tertiary/aromatic N) is 3. The Bertz CT molecular complexity index is 1340. The van der Waals surface area contributed by atoms with Crippen LogP contribution in [0.2, 0.25) is 0 Å². The number of nitrogens with one attached hydrogen (secondary N) is 1. The smallest absolute Gasteiger partial charge is 0.260 e. The van der Waals surface area contributed by atoms with Gasteiger partial charge in [0, 0.05) is 23.7 Å². The van der Waals surface area contributed by atoms with Crippen LogP contribution in [0.15, 0.2) is 35.5 Å². The quantitative estimate of drug-likeness (QED) is 0.287. The number of allylic oxidation sites excluding steroid dienone is 2. The Labute approximate surface area is 216 Å². The molecular weight excluding hydrogens is 534 g/mol. The molecule has 3 rings (SSSR count). The number of halogens is 6. The zero-order valence-corrected chi connectivity index (χ0v) is 21.6. The number of alkyl halides is 6. The summed E-state index contributed by atoms with van der Waals surface area (Å²) < 4.78 is 105. The third-order valence-electron chi connectivity index (χ3n) is 6.43. The molecule has 0 amide bonds. The predicted molar refractivity (Wildman–Crippen MR) is 128 cm³/mol. The van der Waals surface area contributed by atoms with Crippen molar-refractivity contribution in [1.82, 2.24) is 14.7 Å². The maximum Gasteiger partial charge on any atom is 0.417 e. The summed E-state index contributed by atoms with van der Waals surface area (Å²) >= 11 is 0. The molecule has 1 fully saturated rings. The van der Waals surface area contributed by atoms with Crippen molar-refractivity contribution >= 4 is 21.2 Å². The molecular formula is C25H26F6N4O2S. The van der Waals surface area contributed by atoms with E-state index in [9.17, 15) is 40.0 Å². The van der Waals surface area contributed by atoms with Gasteiger partial charge in [0.1, 0.15) is 17.0 Å². The Morgan fingerprint density at radius 1 is 1.16 bits per heavy atom. The van der Waals surface area contributed by atoms with Gasteiger partial charge in [-0.15, -0.1) is 0 Å². The highest BCUT2D eigenvalue weighted by molar-refractivity contribution is 7.89. The minimum atomic E-state index is -4.80. The minimum absolute atomic E-state index is 0.0225. The van der Waals surface area contributed by atoms with E-state index in [1.807, 2.05) is 13.0 Å². The molecule has 13 heteroatoms. The van der Waals surface area contributed by atoms with E-state index in [1.165, 1.54) is 13.0 Å². The van der Waals surface area contributed by atoms with Gasteiger partial charge in [-0.1, -0.05) is 19.8 Å². The van der Waals surface area contributed by atoms with Crippen molar-refractivity contribution in [2.75, 3.05) is 0 Å². The fourth-order valence-electron chi connectivity index (χ4n) is 4.06. The average Bonchev–Trinajstić information content (AvgIpc) is 3.64. The fourth-order valence-corrected chi connectivity index (χ4v) is 5.23. The van der Waals surface area contributed by atoms with Gasteiger partial charge in [-0.2, -0.15) is 36.3 Å². The topological polar surface area (TPSA) is 95.7 Å².